The van der Waals surface area contributed by atoms with Gasteiger partial charge in [-0.1, -0.05) is 0 Å². The predicted molar refractivity (Wildman–Crippen MR) is 65.9 cm³/mol. The largest absolute Gasteiger partial charge is 0.468 e. The summed E-state index contributed by atoms with van der Waals surface area (Å²) in [5, 5.41) is 4.38. The molecule has 1 fully saturated rings. The van der Waals surface area contributed by atoms with Crippen molar-refractivity contribution in [2.75, 3.05) is 7.11 Å². The highest BCUT2D eigenvalue weighted by Gasteiger charge is 2.41. The minimum absolute atomic E-state index is 0.129. The molecule has 0 saturated heterocycles. The van der Waals surface area contributed by atoms with Gasteiger partial charge < -0.3 is 10.5 Å². The van der Waals surface area contributed by atoms with Crippen LogP contribution < -0.4 is 5.73 Å². The predicted octanol–water partition coefficient (Wildman–Crippen LogP) is 0.881. The second-order valence-corrected chi connectivity index (χ2v) is 5.05. The van der Waals surface area contributed by atoms with Gasteiger partial charge in [-0.25, -0.2) is 9.67 Å². The highest BCUT2D eigenvalue weighted by atomic mass is 16.5. The number of carbonyl (C=O) groups excluding carboxylic acids is 1. The number of rotatable bonds is 2. The van der Waals surface area contributed by atoms with Gasteiger partial charge in [0.1, 0.15) is 17.2 Å². The summed E-state index contributed by atoms with van der Waals surface area (Å²) in [4.78, 5) is 16.1. The zero-order chi connectivity index (χ0) is 13.3. The number of nitrogens with two attached hydrogens (primary N) is 1. The Balaban J connectivity index is 2.21. The summed E-state index contributed by atoms with van der Waals surface area (Å²) in [6.07, 6.45) is 3.10. The van der Waals surface area contributed by atoms with Crippen molar-refractivity contribution in [3.8, 4) is 0 Å². The molecular weight excluding hydrogens is 232 g/mol. The lowest BCUT2D eigenvalue weighted by atomic mass is 9.79. The van der Waals surface area contributed by atoms with Crippen molar-refractivity contribution in [1.82, 2.24) is 14.8 Å². The zero-order valence-electron chi connectivity index (χ0n) is 11.1. The number of aromatic nitrogens is 3. The summed E-state index contributed by atoms with van der Waals surface area (Å²) in [5.74, 6) is 1.28. The molecule has 1 heterocycles. The lowest BCUT2D eigenvalue weighted by molar-refractivity contribution is -0.149. The Hall–Kier alpha value is -1.43. The van der Waals surface area contributed by atoms with Crippen LogP contribution in [0.25, 0.3) is 0 Å². The van der Waals surface area contributed by atoms with Gasteiger partial charge in [-0.15, -0.1) is 0 Å². The molecule has 0 aliphatic heterocycles. The Morgan fingerprint density at radius 2 is 2.28 bits per heavy atom. The van der Waals surface area contributed by atoms with Crippen LogP contribution in [0.2, 0.25) is 0 Å². The molecule has 1 aromatic heterocycles. The van der Waals surface area contributed by atoms with Gasteiger partial charge in [0.05, 0.1) is 13.2 Å². The van der Waals surface area contributed by atoms with Crippen molar-refractivity contribution in [3.05, 3.63) is 11.6 Å². The van der Waals surface area contributed by atoms with E-state index in [1.807, 2.05) is 18.5 Å². The molecule has 1 aliphatic carbocycles. The molecule has 2 rings (SSSR count). The van der Waals surface area contributed by atoms with E-state index in [9.17, 15) is 4.79 Å². The Kier molecular flexibility index (Phi) is 3.38. The van der Waals surface area contributed by atoms with Crippen LogP contribution in [-0.4, -0.2) is 33.4 Å². The summed E-state index contributed by atoms with van der Waals surface area (Å²) in [5.41, 5.74) is 5.28. The van der Waals surface area contributed by atoms with Crippen molar-refractivity contribution in [2.24, 2.45) is 5.73 Å². The van der Waals surface area contributed by atoms with Gasteiger partial charge in [-0.3, -0.25) is 4.79 Å². The van der Waals surface area contributed by atoms with Gasteiger partial charge in [0.25, 0.3) is 0 Å². The van der Waals surface area contributed by atoms with E-state index in [1.54, 1.807) is 0 Å². The van der Waals surface area contributed by atoms with Crippen LogP contribution in [0.15, 0.2) is 0 Å². The maximum absolute atomic E-state index is 11.8. The first-order valence-electron chi connectivity index (χ1n) is 6.23. The lowest BCUT2D eigenvalue weighted by Gasteiger charge is -2.35. The number of methoxy groups -OCH3 is 1. The second-order valence-electron chi connectivity index (χ2n) is 5.05. The quantitative estimate of drug-likeness (QED) is 0.790. The fraction of sp³-hybridized carbons (Fsp3) is 0.750. The minimum atomic E-state index is -0.885. The number of carbonyl (C=O) groups is 1. The first-order valence-corrected chi connectivity index (χ1v) is 6.23. The van der Waals surface area contributed by atoms with E-state index in [0.29, 0.717) is 12.8 Å². The molecule has 2 unspecified atom stereocenters. The van der Waals surface area contributed by atoms with E-state index in [4.69, 9.17) is 10.5 Å². The first-order chi connectivity index (χ1) is 8.46. The summed E-state index contributed by atoms with van der Waals surface area (Å²) in [6.45, 7) is 3.78. The monoisotopic (exact) mass is 252 g/mol. The van der Waals surface area contributed by atoms with Crippen molar-refractivity contribution < 1.29 is 9.53 Å². The molecule has 0 bridgehead atoms. The number of hydrogen-bond donors (Lipinski definition) is 1. The summed E-state index contributed by atoms with van der Waals surface area (Å²) in [7, 11) is 1.38. The van der Waals surface area contributed by atoms with E-state index in [1.165, 1.54) is 7.11 Å². The molecule has 6 heteroatoms. The molecule has 0 amide bonds. The topological polar surface area (TPSA) is 83.0 Å². The number of hydrogen-bond acceptors (Lipinski definition) is 5. The lowest BCUT2D eigenvalue weighted by Crippen LogP contribution is -2.52. The van der Waals surface area contributed by atoms with E-state index in [0.717, 1.165) is 24.5 Å². The molecule has 0 radical (unpaired) electrons. The Labute approximate surface area is 107 Å². The van der Waals surface area contributed by atoms with Crippen LogP contribution >= 0.6 is 0 Å². The van der Waals surface area contributed by atoms with Gasteiger partial charge in [0.2, 0.25) is 0 Å². The first kappa shape index (κ1) is 13.0. The maximum atomic E-state index is 11.8. The number of esters is 1. The number of aryl methyl sites for hydroxylation is 2. The Morgan fingerprint density at radius 1 is 1.56 bits per heavy atom. The fourth-order valence-corrected chi connectivity index (χ4v) is 2.76. The average molecular weight is 252 g/mol. The van der Waals surface area contributed by atoms with Gasteiger partial charge in [0.15, 0.2) is 0 Å². The van der Waals surface area contributed by atoms with Crippen LogP contribution in [0, 0.1) is 13.8 Å². The molecule has 100 valence electrons. The molecule has 18 heavy (non-hydrogen) atoms. The van der Waals surface area contributed by atoms with Crippen LogP contribution in [0.3, 0.4) is 0 Å². The standard InChI is InChI=1S/C12H20N4O2/c1-8-14-9(2)16(15-8)10-5-4-6-12(13,7-10)11(17)18-3/h10H,4-7,13H2,1-3H3. The van der Waals surface area contributed by atoms with Crippen molar-refractivity contribution in [3.63, 3.8) is 0 Å². The minimum Gasteiger partial charge on any atom is -0.468 e. The van der Waals surface area contributed by atoms with E-state index in [-0.39, 0.29) is 12.0 Å². The van der Waals surface area contributed by atoms with Gasteiger partial charge in [-0.2, -0.15) is 5.10 Å². The highest BCUT2D eigenvalue weighted by Crippen LogP contribution is 2.34. The van der Waals surface area contributed by atoms with Crippen LogP contribution in [-0.2, 0) is 9.53 Å². The Bertz CT molecular complexity index is 457. The molecular formula is C12H20N4O2. The fourth-order valence-electron chi connectivity index (χ4n) is 2.76. The third kappa shape index (κ3) is 2.25. The van der Waals surface area contributed by atoms with Crippen LogP contribution in [0.4, 0.5) is 0 Å². The van der Waals surface area contributed by atoms with Crippen LogP contribution in [0.1, 0.15) is 43.4 Å². The molecule has 0 aromatic carbocycles. The van der Waals surface area contributed by atoms with Crippen molar-refractivity contribution in [1.29, 1.82) is 0 Å². The summed E-state index contributed by atoms with van der Waals surface area (Å²) in [6, 6.07) is 0.129. The van der Waals surface area contributed by atoms with Gasteiger partial charge in [-0.05, 0) is 39.5 Å². The summed E-state index contributed by atoms with van der Waals surface area (Å²) >= 11 is 0. The van der Waals surface area contributed by atoms with E-state index < -0.39 is 5.54 Å². The van der Waals surface area contributed by atoms with Crippen LogP contribution in [0.5, 0.6) is 0 Å². The Morgan fingerprint density at radius 3 is 2.83 bits per heavy atom. The molecule has 1 aliphatic rings. The molecule has 6 nitrogen and oxygen atoms in total. The van der Waals surface area contributed by atoms with Crippen molar-refractivity contribution >= 4 is 5.97 Å². The van der Waals surface area contributed by atoms with Gasteiger partial charge in [0, 0.05) is 0 Å². The average Bonchev–Trinajstić information content (AvgIpc) is 2.67. The SMILES string of the molecule is COC(=O)C1(N)CCCC(n2nc(C)nc2C)C1. The molecule has 1 saturated carbocycles. The smallest absolute Gasteiger partial charge is 0.325 e. The van der Waals surface area contributed by atoms with Gasteiger partial charge >= 0.3 is 5.97 Å². The highest BCUT2D eigenvalue weighted by molar-refractivity contribution is 5.80. The maximum Gasteiger partial charge on any atom is 0.325 e. The zero-order valence-corrected chi connectivity index (χ0v) is 11.1. The second kappa shape index (κ2) is 4.68. The number of ether oxygens (including phenoxy) is 1. The molecule has 2 atom stereocenters. The van der Waals surface area contributed by atoms with E-state index >= 15 is 0 Å². The summed E-state index contributed by atoms with van der Waals surface area (Å²) < 4.78 is 6.69. The molecule has 1 aromatic rings. The molecule has 2 N–H and O–H groups in total. The third-order valence-electron chi connectivity index (χ3n) is 3.61. The van der Waals surface area contributed by atoms with Crippen molar-refractivity contribution in [2.45, 2.75) is 51.1 Å². The van der Waals surface area contributed by atoms with E-state index in [2.05, 4.69) is 10.1 Å². The number of nitrogens with zero attached hydrogens (tertiary/aromatic N) is 3. The normalized spacial score (nSPS) is 28.1. The third-order valence-corrected chi connectivity index (χ3v) is 3.61. The molecule has 0 spiro atoms.